The maximum absolute atomic E-state index is 12.5. The van der Waals surface area contributed by atoms with Crippen LogP contribution in [-0.4, -0.2) is 0 Å². The van der Waals surface area contributed by atoms with Gasteiger partial charge in [-0.25, -0.2) is 0 Å². The van der Waals surface area contributed by atoms with E-state index in [1.165, 1.54) is 12.1 Å². The van der Waals surface area contributed by atoms with E-state index in [9.17, 15) is 13.2 Å². The molecular weight excluding hydrogens is 458 g/mol. The van der Waals surface area contributed by atoms with E-state index in [0.717, 1.165) is 31.3 Å². The first-order chi connectivity index (χ1) is 9.77. The zero-order valence-corrected chi connectivity index (χ0v) is 14.5. The topological polar surface area (TPSA) is 26.0 Å². The monoisotopic (exact) mass is 469 g/mol. The van der Waals surface area contributed by atoms with E-state index >= 15 is 0 Å². The zero-order chi connectivity index (χ0) is 15.6. The number of rotatable bonds is 3. The molecule has 0 aliphatic carbocycles. The van der Waals surface area contributed by atoms with Crippen molar-refractivity contribution in [2.75, 3.05) is 0 Å². The highest BCUT2D eigenvalue weighted by Crippen LogP contribution is 2.30. The molecule has 0 bridgehead atoms. The molecule has 0 saturated carbocycles. The molecule has 2 rings (SSSR count). The quantitative estimate of drug-likeness (QED) is 0.605. The predicted molar refractivity (Wildman–Crippen MR) is 88.9 cm³/mol. The molecule has 2 aromatic carbocycles. The Morgan fingerprint density at radius 3 is 2.29 bits per heavy atom. The molecule has 2 aromatic rings. The average molecular weight is 470 g/mol. The van der Waals surface area contributed by atoms with Crippen molar-refractivity contribution in [2.24, 2.45) is 5.73 Å². The predicted octanol–water partition coefficient (Wildman–Crippen LogP) is 5.32. The maximum Gasteiger partial charge on any atom is 0.416 e. The summed E-state index contributed by atoms with van der Waals surface area (Å²) in [5.74, 6) is 0. The van der Waals surface area contributed by atoms with Gasteiger partial charge in [0.25, 0.3) is 0 Å². The fourth-order valence-corrected chi connectivity index (χ4v) is 3.11. The van der Waals surface area contributed by atoms with Crippen LogP contribution in [0.4, 0.5) is 13.2 Å². The minimum atomic E-state index is -4.31. The normalized spacial score (nSPS) is 13.2. The van der Waals surface area contributed by atoms with Gasteiger partial charge in [-0.05, 0) is 70.5 Å². The Labute approximate surface area is 143 Å². The summed E-state index contributed by atoms with van der Waals surface area (Å²) in [5.41, 5.74) is 7.29. The molecule has 0 amide bonds. The standard InChI is InChI=1S/C15H12BrF3IN/c16-11-5-6-13(20)12(8-11)14(21)7-9-1-3-10(4-2-9)15(17,18)19/h1-6,8,14H,7,21H2. The number of benzene rings is 2. The second-order valence-electron chi connectivity index (χ2n) is 4.67. The molecule has 0 spiro atoms. The van der Waals surface area contributed by atoms with Gasteiger partial charge >= 0.3 is 6.18 Å². The number of hydrogen-bond donors (Lipinski definition) is 1. The number of halogens is 5. The Bertz CT molecular complexity index is 626. The number of alkyl halides is 3. The van der Waals surface area contributed by atoms with Crippen molar-refractivity contribution in [3.63, 3.8) is 0 Å². The zero-order valence-electron chi connectivity index (χ0n) is 10.8. The van der Waals surface area contributed by atoms with Gasteiger partial charge in [-0.1, -0.05) is 28.1 Å². The molecule has 0 aromatic heterocycles. The first kappa shape index (κ1) is 16.8. The van der Waals surface area contributed by atoms with Crippen LogP contribution in [0.5, 0.6) is 0 Å². The molecular formula is C15H12BrF3IN. The van der Waals surface area contributed by atoms with E-state index in [0.29, 0.717) is 6.42 Å². The molecule has 0 radical (unpaired) electrons. The van der Waals surface area contributed by atoms with Crippen LogP contribution in [0, 0.1) is 3.57 Å². The number of hydrogen-bond acceptors (Lipinski definition) is 1. The molecule has 0 saturated heterocycles. The molecule has 1 unspecified atom stereocenters. The summed E-state index contributed by atoms with van der Waals surface area (Å²) in [5, 5.41) is 0. The summed E-state index contributed by atoms with van der Waals surface area (Å²) in [4.78, 5) is 0. The third-order valence-corrected chi connectivity index (χ3v) is 4.57. The molecule has 0 fully saturated rings. The third-order valence-electron chi connectivity index (χ3n) is 3.09. The maximum atomic E-state index is 12.5. The number of nitrogens with two attached hydrogens (primary N) is 1. The van der Waals surface area contributed by atoms with Crippen LogP contribution in [0.15, 0.2) is 46.9 Å². The van der Waals surface area contributed by atoms with Crippen LogP contribution in [-0.2, 0) is 12.6 Å². The molecule has 1 atom stereocenters. The molecule has 6 heteroatoms. The van der Waals surface area contributed by atoms with Crippen LogP contribution in [0.2, 0.25) is 0 Å². The second kappa shape index (κ2) is 6.66. The molecule has 0 aliphatic rings. The van der Waals surface area contributed by atoms with Gasteiger partial charge in [0, 0.05) is 14.1 Å². The van der Waals surface area contributed by atoms with Crippen molar-refractivity contribution in [3.8, 4) is 0 Å². The van der Waals surface area contributed by atoms with Crippen LogP contribution < -0.4 is 5.73 Å². The summed E-state index contributed by atoms with van der Waals surface area (Å²) >= 11 is 5.60. The van der Waals surface area contributed by atoms with Crippen molar-refractivity contribution < 1.29 is 13.2 Å². The largest absolute Gasteiger partial charge is 0.416 e. The minimum Gasteiger partial charge on any atom is -0.324 e. The fourth-order valence-electron chi connectivity index (χ4n) is 1.99. The van der Waals surface area contributed by atoms with Crippen LogP contribution in [0.1, 0.15) is 22.7 Å². The first-order valence-corrected chi connectivity index (χ1v) is 8.01. The summed E-state index contributed by atoms with van der Waals surface area (Å²) in [6.45, 7) is 0. The van der Waals surface area contributed by atoms with Crippen LogP contribution >= 0.6 is 38.5 Å². The van der Waals surface area contributed by atoms with Crippen LogP contribution in [0.25, 0.3) is 0 Å². The van der Waals surface area contributed by atoms with E-state index in [4.69, 9.17) is 5.73 Å². The average Bonchev–Trinajstić information content (AvgIpc) is 2.41. The Kier molecular flexibility index (Phi) is 5.32. The summed E-state index contributed by atoms with van der Waals surface area (Å²) in [7, 11) is 0. The van der Waals surface area contributed by atoms with Gasteiger partial charge in [0.05, 0.1) is 5.56 Å². The van der Waals surface area contributed by atoms with E-state index in [2.05, 4.69) is 38.5 Å². The van der Waals surface area contributed by atoms with Crippen molar-refractivity contribution in [1.82, 2.24) is 0 Å². The van der Waals surface area contributed by atoms with Crippen molar-refractivity contribution >= 4 is 38.5 Å². The lowest BCUT2D eigenvalue weighted by Gasteiger charge is -2.15. The molecule has 0 aliphatic heterocycles. The Morgan fingerprint density at radius 1 is 1.10 bits per heavy atom. The van der Waals surface area contributed by atoms with E-state index < -0.39 is 11.7 Å². The molecule has 2 N–H and O–H groups in total. The van der Waals surface area contributed by atoms with Crippen molar-refractivity contribution in [3.05, 3.63) is 67.2 Å². The Hall–Kier alpha value is -0.600. The van der Waals surface area contributed by atoms with Gasteiger partial charge in [0.2, 0.25) is 0 Å². The van der Waals surface area contributed by atoms with Gasteiger partial charge in [-0.15, -0.1) is 0 Å². The van der Waals surface area contributed by atoms with Gasteiger partial charge < -0.3 is 5.73 Å². The van der Waals surface area contributed by atoms with Gasteiger partial charge in [0.1, 0.15) is 0 Å². The molecule has 1 nitrogen and oxygen atoms in total. The SMILES string of the molecule is NC(Cc1ccc(C(F)(F)F)cc1)c1cc(Br)ccc1I. The summed E-state index contributed by atoms with van der Waals surface area (Å²) in [6.07, 6.45) is -3.81. The molecule has 0 heterocycles. The lowest BCUT2D eigenvalue weighted by atomic mass is 9.99. The fraction of sp³-hybridized carbons (Fsp3) is 0.200. The lowest BCUT2D eigenvalue weighted by molar-refractivity contribution is -0.137. The summed E-state index contributed by atoms with van der Waals surface area (Å²) < 4.78 is 39.5. The van der Waals surface area contributed by atoms with Crippen molar-refractivity contribution in [1.29, 1.82) is 0 Å². The molecule has 21 heavy (non-hydrogen) atoms. The van der Waals surface area contributed by atoms with E-state index in [1.807, 2.05) is 18.2 Å². The summed E-state index contributed by atoms with van der Waals surface area (Å²) in [6, 6.07) is 10.7. The van der Waals surface area contributed by atoms with Gasteiger partial charge in [-0.3, -0.25) is 0 Å². The highest BCUT2D eigenvalue weighted by molar-refractivity contribution is 14.1. The first-order valence-electron chi connectivity index (χ1n) is 6.14. The van der Waals surface area contributed by atoms with E-state index in [-0.39, 0.29) is 6.04 Å². The van der Waals surface area contributed by atoms with Crippen LogP contribution in [0.3, 0.4) is 0 Å². The van der Waals surface area contributed by atoms with Gasteiger partial charge in [-0.2, -0.15) is 13.2 Å². The highest BCUT2D eigenvalue weighted by Gasteiger charge is 2.29. The van der Waals surface area contributed by atoms with Gasteiger partial charge in [0.15, 0.2) is 0 Å². The third kappa shape index (κ3) is 4.43. The second-order valence-corrected chi connectivity index (χ2v) is 6.75. The van der Waals surface area contributed by atoms with Crippen molar-refractivity contribution in [2.45, 2.75) is 18.6 Å². The Balaban J connectivity index is 2.16. The Morgan fingerprint density at radius 2 is 1.71 bits per heavy atom. The molecule has 112 valence electrons. The minimum absolute atomic E-state index is 0.258. The van der Waals surface area contributed by atoms with E-state index in [1.54, 1.807) is 0 Å². The highest BCUT2D eigenvalue weighted by atomic mass is 127. The smallest absolute Gasteiger partial charge is 0.324 e. The lowest BCUT2D eigenvalue weighted by Crippen LogP contribution is -2.15.